The Labute approximate surface area is 124 Å². The Morgan fingerprint density at radius 3 is 2.67 bits per heavy atom. The Morgan fingerprint density at radius 1 is 1.29 bits per heavy atom. The lowest BCUT2D eigenvalue weighted by atomic mass is 10.1. The fraction of sp³-hybridized carbons (Fsp3) is 0.312. The first kappa shape index (κ1) is 15.0. The molecule has 2 aromatic rings. The molecule has 2 rings (SSSR count). The molecule has 5 heteroatoms. The second kappa shape index (κ2) is 6.83. The quantitative estimate of drug-likeness (QED) is 0.881. The lowest BCUT2D eigenvalue weighted by Gasteiger charge is -2.09. The first-order valence-electron chi connectivity index (χ1n) is 7.02. The Hall–Kier alpha value is -2.43. The highest BCUT2D eigenvalue weighted by Crippen LogP contribution is 2.13. The van der Waals surface area contributed by atoms with Crippen LogP contribution in [-0.2, 0) is 6.42 Å². The standard InChI is InChI=1S/C16H20N4O/c1-11(2)15-19-10-13(17)14(20-15)16(21)18-9-8-12-6-4-3-5-7-12/h3-7,10-11H,8-9,17H2,1-2H3,(H,18,21). The predicted molar refractivity (Wildman–Crippen MR) is 83.0 cm³/mol. The zero-order valence-electron chi connectivity index (χ0n) is 12.3. The van der Waals surface area contributed by atoms with Crippen molar-refractivity contribution in [3.63, 3.8) is 0 Å². The van der Waals surface area contributed by atoms with E-state index in [2.05, 4.69) is 15.3 Å². The number of nitrogens with two attached hydrogens (primary N) is 1. The summed E-state index contributed by atoms with van der Waals surface area (Å²) in [4.78, 5) is 20.5. The van der Waals surface area contributed by atoms with Crippen molar-refractivity contribution >= 4 is 11.6 Å². The molecule has 0 spiro atoms. The number of hydrogen-bond donors (Lipinski definition) is 2. The maximum atomic E-state index is 12.1. The first-order valence-corrected chi connectivity index (χ1v) is 7.02. The molecule has 0 aliphatic carbocycles. The average Bonchev–Trinajstić information content (AvgIpc) is 2.48. The van der Waals surface area contributed by atoms with Crippen LogP contribution in [0.1, 0.15) is 41.6 Å². The third kappa shape index (κ3) is 4.02. The fourth-order valence-electron chi connectivity index (χ4n) is 1.91. The number of anilines is 1. The van der Waals surface area contributed by atoms with Crippen molar-refractivity contribution in [2.75, 3.05) is 12.3 Å². The van der Waals surface area contributed by atoms with Crippen LogP contribution in [0.4, 0.5) is 5.69 Å². The number of carbonyl (C=O) groups is 1. The van der Waals surface area contributed by atoms with Gasteiger partial charge in [0.2, 0.25) is 0 Å². The third-order valence-electron chi connectivity index (χ3n) is 3.11. The number of nitrogen functional groups attached to an aromatic ring is 1. The smallest absolute Gasteiger partial charge is 0.272 e. The Kier molecular flexibility index (Phi) is 4.87. The first-order chi connectivity index (χ1) is 10.1. The van der Waals surface area contributed by atoms with E-state index in [1.54, 1.807) is 0 Å². The minimum Gasteiger partial charge on any atom is -0.396 e. The van der Waals surface area contributed by atoms with E-state index in [1.807, 2.05) is 44.2 Å². The van der Waals surface area contributed by atoms with E-state index in [0.717, 1.165) is 6.42 Å². The van der Waals surface area contributed by atoms with Crippen molar-refractivity contribution in [1.82, 2.24) is 15.3 Å². The van der Waals surface area contributed by atoms with Crippen molar-refractivity contribution in [1.29, 1.82) is 0 Å². The summed E-state index contributed by atoms with van der Waals surface area (Å²) in [7, 11) is 0. The number of nitrogens with zero attached hydrogens (tertiary/aromatic N) is 2. The minimum atomic E-state index is -0.257. The molecule has 0 aliphatic rings. The van der Waals surface area contributed by atoms with Gasteiger partial charge in [-0.25, -0.2) is 9.97 Å². The van der Waals surface area contributed by atoms with E-state index in [9.17, 15) is 4.79 Å². The van der Waals surface area contributed by atoms with Crippen molar-refractivity contribution in [3.8, 4) is 0 Å². The number of hydrogen-bond acceptors (Lipinski definition) is 4. The summed E-state index contributed by atoms with van der Waals surface area (Å²) in [5.74, 6) is 0.520. The van der Waals surface area contributed by atoms with Crippen LogP contribution in [0.25, 0.3) is 0 Å². The molecule has 21 heavy (non-hydrogen) atoms. The molecule has 0 radical (unpaired) electrons. The Balaban J connectivity index is 1.98. The molecule has 0 aliphatic heterocycles. The van der Waals surface area contributed by atoms with Crippen molar-refractivity contribution in [2.24, 2.45) is 0 Å². The van der Waals surface area contributed by atoms with Gasteiger partial charge in [-0.1, -0.05) is 44.2 Å². The van der Waals surface area contributed by atoms with Crippen LogP contribution in [0.3, 0.4) is 0 Å². The second-order valence-corrected chi connectivity index (χ2v) is 5.18. The number of rotatable bonds is 5. The van der Waals surface area contributed by atoms with Gasteiger partial charge in [-0.15, -0.1) is 0 Å². The molecule has 110 valence electrons. The lowest BCUT2D eigenvalue weighted by molar-refractivity contribution is 0.0949. The second-order valence-electron chi connectivity index (χ2n) is 5.18. The number of carbonyl (C=O) groups excluding carboxylic acids is 1. The molecule has 1 heterocycles. The lowest BCUT2D eigenvalue weighted by Crippen LogP contribution is -2.28. The zero-order chi connectivity index (χ0) is 15.2. The van der Waals surface area contributed by atoms with Crippen LogP contribution in [0, 0.1) is 0 Å². The van der Waals surface area contributed by atoms with Gasteiger partial charge in [0.25, 0.3) is 5.91 Å². The molecule has 1 aromatic carbocycles. The summed E-state index contributed by atoms with van der Waals surface area (Å²) in [6.45, 7) is 4.49. The molecule has 0 saturated heterocycles. The third-order valence-corrected chi connectivity index (χ3v) is 3.11. The topological polar surface area (TPSA) is 80.9 Å². The molecule has 5 nitrogen and oxygen atoms in total. The summed E-state index contributed by atoms with van der Waals surface area (Å²) < 4.78 is 0. The molecular weight excluding hydrogens is 264 g/mol. The monoisotopic (exact) mass is 284 g/mol. The van der Waals surface area contributed by atoms with Crippen molar-refractivity contribution in [2.45, 2.75) is 26.2 Å². The van der Waals surface area contributed by atoms with Gasteiger partial charge in [0.05, 0.1) is 11.9 Å². The van der Waals surface area contributed by atoms with Crippen molar-refractivity contribution < 1.29 is 4.79 Å². The highest BCUT2D eigenvalue weighted by molar-refractivity contribution is 5.96. The molecule has 0 saturated carbocycles. The highest BCUT2D eigenvalue weighted by Gasteiger charge is 2.14. The number of benzene rings is 1. The van der Waals surface area contributed by atoms with Crippen LogP contribution in [-0.4, -0.2) is 22.4 Å². The van der Waals surface area contributed by atoms with Crippen LogP contribution in [0.5, 0.6) is 0 Å². The van der Waals surface area contributed by atoms with E-state index in [-0.39, 0.29) is 17.5 Å². The van der Waals surface area contributed by atoms with Gasteiger partial charge >= 0.3 is 0 Å². The molecular formula is C16H20N4O. The number of amides is 1. The molecule has 1 aromatic heterocycles. The Bertz CT molecular complexity index is 611. The summed E-state index contributed by atoms with van der Waals surface area (Å²) in [6, 6.07) is 9.99. The summed E-state index contributed by atoms with van der Waals surface area (Å²) in [6.07, 6.45) is 2.27. The average molecular weight is 284 g/mol. The SMILES string of the molecule is CC(C)c1ncc(N)c(C(=O)NCCc2ccccc2)n1. The van der Waals surface area contributed by atoms with Gasteiger partial charge in [-0.3, -0.25) is 4.79 Å². The van der Waals surface area contributed by atoms with Crippen LogP contribution in [0.15, 0.2) is 36.5 Å². The fourth-order valence-corrected chi connectivity index (χ4v) is 1.91. The molecule has 1 amide bonds. The zero-order valence-corrected chi connectivity index (χ0v) is 12.3. The van der Waals surface area contributed by atoms with Gasteiger partial charge in [0.15, 0.2) is 5.69 Å². The summed E-state index contributed by atoms with van der Waals surface area (Å²) in [5.41, 5.74) is 7.52. The van der Waals surface area contributed by atoms with E-state index in [1.165, 1.54) is 11.8 Å². The van der Waals surface area contributed by atoms with Crippen LogP contribution >= 0.6 is 0 Å². The van der Waals surface area contributed by atoms with Crippen LogP contribution < -0.4 is 11.1 Å². The predicted octanol–water partition coefficient (Wildman–Crippen LogP) is 2.15. The largest absolute Gasteiger partial charge is 0.396 e. The molecule has 0 atom stereocenters. The Morgan fingerprint density at radius 2 is 2.00 bits per heavy atom. The summed E-state index contributed by atoms with van der Waals surface area (Å²) >= 11 is 0. The van der Waals surface area contributed by atoms with Gasteiger partial charge < -0.3 is 11.1 Å². The minimum absolute atomic E-state index is 0.154. The maximum absolute atomic E-state index is 12.1. The van der Waals surface area contributed by atoms with Gasteiger partial charge in [0, 0.05) is 12.5 Å². The molecule has 3 N–H and O–H groups in total. The van der Waals surface area contributed by atoms with E-state index in [0.29, 0.717) is 18.1 Å². The van der Waals surface area contributed by atoms with E-state index in [4.69, 9.17) is 5.73 Å². The molecule has 0 unspecified atom stereocenters. The number of nitrogens with one attached hydrogen (secondary N) is 1. The highest BCUT2D eigenvalue weighted by atomic mass is 16.1. The van der Waals surface area contributed by atoms with E-state index < -0.39 is 0 Å². The molecule has 0 bridgehead atoms. The van der Waals surface area contributed by atoms with Gasteiger partial charge in [-0.05, 0) is 12.0 Å². The van der Waals surface area contributed by atoms with Gasteiger partial charge in [0.1, 0.15) is 5.82 Å². The molecule has 0 fully saturated rings. The van der Waals surface area contributed by atoms with Gasteiger partial charge in [-0.2, -0.15) is 0 Å². The van der Waals surface area contributed by atoms with Crippen molar-refractivity contribution in [3.05, 3.63) is 53.6 Å². The maximum Gasteiger partial charge on any atom is 0.272 e. The number of aromatic nitrogens is 2. The van der Waals surface area contributed by atoms with Crippen LogP contribution in [0.2, 0.25) is 0 Å². The summed E-state index contributed by atoms with van der Waals surface area (Å²) in [5, 5.41) is 2.85. The van der Waals surface area contributed by atoms with E-state index >= 15 is 0 Å². The normalized spacial score (nSPS) is 10.6.